The molecule has 0 aromatic heterocycles. The Labute approximate surface area is 139 Å². The van der Waals surface area contributed by atoms with Crippen molar-refractivity contribution in [1.29, 1.82) is 0 Å². The molecule has 1 N–H and O–H groups in total. The summed E-state index contributed by atoms with van der Waals surface area (Å²) < 4.78 is 11.1. The van der Waals surface area contributed by atoms with Crippen LogP contribution in [0.3, 0.4) is 0 Å². The van der Waals surface area contributed by atoms with Gasteiger partial charge in [0.25, 0.3) is 0 Å². The first-order valence-electron chi connectivity index (χ1n) is 6.82. The van der Waals surface area contributed by atoms with Gasteiger partial charge in [-0.1, -0.05) is 35.3 Å². The Balaban J connectivity index is 2.02. The molecule has 3 nitrogen and oxygen atoms in total. The van der Waals surface area contributed by atoms with Crippen molar-refractivity contribution in [1.82, 2.24) is 5.32 Å². The zero-order chi connectivity index (χ0) is 15.7. The van der Waals surface area contributed by atoms with Gasteiger partial charge in [0.15, 0.2) is 0 Å². The fraction of sp³-hybridized carbons (Fsp3) is 0.176. The molecule has 0 saturated heterocycles. The molecule has 0 spiro atoms. The van der Waals surface area contributed by atoms with Gasteiger partial charge in [-0.15, -0.1) is 0 Å². The summed E-state index contributed by atoms with van der Waals surface area (Å²) in [5, 5.41) is 4.28. The highest BCUT2D eigenvalue weighted by Gasteiger charge is 2.38. The predicted octanol–water partition coefficient (Wildman–Crippen LogP) is 4.82. The molecule has 114 valence electrons. The van der Waals surface area contributed by atoms with E-state index in [-0.39, 0.29) is 0 Å². The van der Waals surface area contributed by atoms with Crippen LogP contribution in [0.2, 0.25) is 10.0 Å². The highest BCUT2D eigenvalue weighted by molar-refractivity contribution is 6.32. The monoisotopic (exact) mass is 335 g/mol. The molecule has 0 amide bonds. The van der Waals surface area contributed by atoms with E-state index in [0.717, 1.165) is 27.3 Å². The lowest BCUT2D eigenvalue weighted by molar-refractivity contribution is -0.170. The molecule has 0 fully saturated rings. The predicted molar refractivity (Wildman–Crippen MR) is 88.7 cm³/mol. The van der Waals surface area contributed by atoms with Crippen molar-refractivity contribution in [2.24, 2.45) is 0 Å². The summed E-state index contributed by atoms with van der Waals surface area (Å²) in [7, 11) is 1.75. The number of rotatable bonds is 3. The SMILES string of the molecule is CNC1(c2ccc(-c3ccc(Cl)cc3C)cc2Cl)OC=CO1. The average Bonchev–Trinajstić information content (AvgIpc) is 2.97. The fourth-order valence-electron chi connectivity index (χ4n) is 2.55. The molecule has 2 aromatic carbocycles. The van der Waals surface area contributed by atoms with E-state index in [1.165, 1.54) is 12.5 Å². The van der Waals surface area contributed by atoms with Crippen molar-refractivity contribution < 1.29 is 9.47 Å². The van der Waals surface area contributed by atoms with Gasteiger partial charge < -0.3 is 9.47 Å². The molecule has 1 aliphatic heterocycles. The Kier molecular flexibility index (Phi) is 4.04. The molecule has 3 rings (SSSR count). The molecular weight excluding hydrogens is 321 g/mol. The number of hydrogen-bond donors (Lipinski definition) is 1. The topological polar surface area (TPSA) is 30.5 Å². The summed E-state index contributed by atoms with van der Waals surface area (Å²) in [6, 6.07) is 11.6. The largest absolute Gasteiger partial charge is 0.441 e. The summed E-state index contributed by atoms with van der Waals surface area (Å²) >= 11 is 12.5. The summed E-state index contributed by atoms with van der Waals surface area (Å²) in [5.74, 6) is -1.06. The van der Waals surface area contributed by atoms with Crippen LogP contribution in [0.1, 0.15) is 11.1 Å². The number of halogens is 2. The molecule has 5 heteroatoms. The van der Waals surface area contributed by atoms with E-state index in [1.807, 2.05) is 43.3 Å². The van der Waals surface area contributed by atoms with Gasteiger partial charge in [-0.25, -0.2) is 5.32 Å². The van der Waals surface area contributed by atoms with Crippen molar-refractivity contribution in [3.63, 3.8) is 0 Å². The van der Waals surface area contributed by atoms with Crippen LogP contribution in [-0.2, 0) is 15.4 Å². The van der Waals surface area contributed by atoms with Crippen molar-refractivity contribution in [3.8, 4) is 11.1 Å². The van der Waals surface area contributed by atoms with Crippen LogP contribution in [-0.4, -0.2) is 7.05 Å². The average molecular weight is 336 g/mol. The van der Waals surface area contributed by atoms with Gasteiger partial charge in [0.05, 0.1) is 10.6 Å². The summed E-state index contributed by atoms with van der Waals surface area (Å²) in [6.07, 6.45) is 2.98. The maximum absolute atomic E-state index is 6.46. The fourth-order valence-corrected chi connectivity index (χ4v) is 3.09. The van der Waals surface area contributed by atoms with E-state index in [2.05, 4.69) is 5.32 Å². The third kappa shape index (κ3) is 2.56. The number of benzene rings is 2. The molecule has 2 aromatic rings. The van der Waals surface area contributed by atoms with Crippen molar-refractivity contribution in [2.45, 2.75) is 12.8 Å². The normalized spacial score (nSPS) is 15.5. The second-order valence-electron chi connectivity index (χ2n) is 5.03. The van der Waals surface area contributed by atoms with Gasteiger partial charge >= 0.3 is 5.91 Å². The smallest absolute Gasteiger partial charge is 0.342 e. The van der Waals surface area contributed by atoms with Crippen LogP contribution in [0.15, 0.2) is 48.9 Å². The maximum atomic E-state index is 6.46. The minimum Gasteiger partial charge on any atom is -0.441 e. The summed E-state index contributed by atoms with van der Waals surface area (Å²) in [5.41, 5.74) is 3.91. The highest BCUT2D eigenvalue weighted by atomic mass is 35.5. The van der Waals surface area contributed by atoms with E-state index in [4.69, 9.17) is 32.7 Å². The van der Waals surface area contributed by atoms with Crippen LogP contribution < -0.4 is 5.32 Å². The first kappa shape index (κ1) is 15.2. The van der Waals surface area contributed by atoms with Gasteiger partial charge in [0.1, 0.15) is 12.5 Å². The minimum atomic E-state index is -1.06. The third-order valence-electron chi connectivity index (χ3n) is 3.68. The molecule has 0 radical (unpaired) electrons. The Bertz CT molecular complexity index is 735. The summed E-state index contributed by atoms with van der Waals surface area (Å²) in [6.45, 7) is 2.02. The van der Waals surface area contributed by atoms with E-state index >= 15 is 0 Å². The van der Waals surface area contributed by atoms with Gasteiger partial charge in [0.2, 0.25) is 0 Å². The number of hydrogen-bond acceptors (Lipinski definition) is 3. The third-order valence-corrected chi connectivity index (χ3v) is 4.22. The van der Waals surface area contributed by atoms with Crippen molar-refractivity contribution in [2.75, 3.05) is 7.05 Å². The Morgan fingerprint density at radius 1 is 1.00 bits per heavy atom. The van der Waals surface area contributed by atoms with Crippen LogP contribution in [0.4, 0.5) is 0 Å². The Morgan fingerprint density at radius 2 is 1.73 bits per heavy atom. The molecule has 1 aliphatic rings. The zero-order valence-electron chi connectivity index (χ0n) is 12.2. The molecule has 0 unspecified atom stereocenters. The zero-order valence-corrected chi connectivity index (χ0v) is 13.7. The second-order valence-corrected chi connectivity index (χ2v) is 5.87. The maximum Gasteiger partial charge on any atom is 0.342 e. The van der Waals surface area contributed by atoms with Gasteiger partial charge in [-0.05, 0) is 54.9 Å². The summed E-state index contributed by atoms with van der Waals surface area (Å²) in [4.78, 5) is 0. The first-order valence-corrected chi connectivity index (χ1v) is 7.57. The van der Waals surface area contributed by atoms with Crippen LogP contribution in [0, 0.1) is 6.92 Å². The van der Waals surface area contributed by atoms with Gasteiger partial charge in [0, 0.05) is 5.02 Å². The number of aryl methyl sites for hydroxylation is 1. The van der Waals surface area contributed by atoms with E-state index in [9.17, 15) is 0 Å². The molecule has 1 heterocycles. The van der Waals surface area contributed by atoms with E-state index in [1.54, 1.807) is 7.05 Å². The second kappa shape index (κ2) is 5.84. The molecule has 0 atom stereocenters. The van der Waals surface area contributed by atoms with Gasteiger partial charge in [-0.2, -0.15) is 0 Å². The van der Waals surface area contributed by atoms with Crippen molar-refractivity contribution >= 4 is 23.2 Å². The molecule has 0 bridgehead atoms. The van der Waals surface area contributed by atoms with Gasteiger partial charge in [-0.3, -0.25) is 0 Å². The number of nitrogens with one attached hydrogen (secondary N) is 1. The number of ether oxygens (including phenoxy) is 2. The van der Waals surface area contributed by atoms with Crippen LogP contribution in [0.25, 0.3) is 11.1 Å². The van der Waals surface area contributed by atoms with Crippen molar-refractivity contribution in [3.05, 3.63) is 70.1 Å². The van der Waals surface area contributed by atoms with E-state index < -0.39 is 5.91 Å². The Hall–Kier alpha value is -1.68. The molecule has 0 saturated carbocycles. The standard InChI is InChI=1S/C17H15Cl2NO2/c1-11-9-13(18)4-5-14(11)12-3-6-15(16(19)10-12)17(20-2)21-7-8-22-17/h3-10,20H,1-2H3. The van der Waals surface area contributed by atoms with Crippen LogP contribution >= 0.6 is 23.2 Å². The highest BCUT2D eigenvalue weighted by Crippen LogP contribution is 2.37. The lowest BCUT2D eigenvalue weighted by Gasteiger charge is -2.28. The minimum absolute atomic E-state index is 0.560. The lowest BCUT2D eigenvalue weighted by Crippen LogP contribution is -2.41. The van der Waals surface area contributed by atoms with E-state index in [0.29, 0.717) is 5.02 Å². The molecular formula is C17H15Cl2NO2. The quantitative estimate of drug-likeness (QED) is 0.872. The molecule has 0 aliphatic carbocycles. The van der Waals surface area contributed by atoms with Crippen LogP contribution in [0.5, 0.6) is 0 Å². The lowest BCUT2D eigenvalue weighted by atomic mass is 9.98. The Morgan fingerprint density at radius 3 is 2.32 bits per heavy atom. The first-order chi connectivity index (χ1) is 10.6. The molecule has 22 heavy (non-hydrogen) atoms.